The van der Waals surface area contributed by atoms with Crippen molar-refractivity contribution in [2.24, 2.45) is 0 Å². The number of morpholine rings is 1. The molecule has 6 rings (SSSR count). The number of hydrogen-bond acceptors (Lipinski definition) is 9. The lowest BCUT2D eigenvalue weighted by atomic mass is 10.2. The van der Waals surface area contributed by atoms with Gasteiger partial charge in [0.05, 0.1) is 13.2 Å². The molecule has 2 aromatic carbocycles. The lowest BCUT2D eigenvalue weighted by molar-refractivity contribution is 0.0389. The number of rotatable bonds is 8. The van der Waals surface area contributed by atoms with Gasteiger partial charge in [-0.05, 0) is 36.5 Å². The van der Waals surface area contributed by atoms with Crippen molar-refractivity contribution in [3.8, 4) is 0 Å². The van der Waals surface area contributed by atoms with Crippen molar-refractivity contribution in [2.45, 2.75) is 0 Å². The minimum Gasteiger partial charge on any atom is -0.379 e. The van der Waals surface area contributed by atoms with E-state index in [0.29, 0.717) is 11.1 Å². The maximum absolute atomic E-state index is 5.66. The predicted molar refractivity (Wildman–Crippen MR) is 175 cm³/mol. The van der Waals surface area contributed by atoms with Crippen molar-refractivity contribution in [1.82, 2.24) is 20.2 Å². The first-order valence-electron chi connectivity index (χ1n) is 15.1. The summed E-state index contributed by atoms with van der Waals surface area (Å²) in [6.07, 6.45) is 0. The van der Waals surface area contributed by atoms with Gasteiger partial charge in [0.15, 0.2) is 5.11 Å². The Morgan fingerprint density at radius 1 is 0.667 bits per heavy atom. The normalized spacial score (nSPS) is 18.2. The van der Waals surface area contributed by atoms with E-state index in [2.05, 4.69) is 102 Å². The fourth-order valence-corrected chi connectivity index (χ4v) is 5.96. The van der Waals surface area contributed by atoms with E-state index in [0.717, 1.165) is 103 Å². The third-order valence-electron chi connectivity index (χ3n) is 8.19. The van der Waals surface area contributed by atoms with Gasteiger partial charge in [0.1, 0.15) is 11.6 Å². The maximum atomic E-state index is 5.66. The lowest BCUT2D eigenvalue weighted by Gasteiger charge is -2.38. The topological polar surface area (TPSA) is 75.3 Å². The van der Waals surface area contributed by atoms with Crippen LogP contribution < -0.4 is 30.2 Å². The van der Waals surface area contributed by atoms with Gasteiger partial charge in [-0.25, -0.2) is 0 Å². The maximum Gasteiger partial charge on any atom is 0.232 e. The average molecular weight is 588 g/mol. The van der Waals surface area contributed by atoms with Crippen LogP contribution >= 0.6 is 12.2 Å². The summed E-state index contributed by atoms with van der Waals surface area (Å²) >= 11 is 5.66. The third-order valence-corrected chi connectivity index (χ3v) is 8.44. The summed E-state index contributed by atoms with van der Waals surface area (Å²) in [5, 5.41) is 7.18. The van der Waals surface area contributed by atoms with Gasteiger partial charge in [0.25, 0.3) is 0 Å². The van der Waals surface area contributed by atoms with Crippen molar-refractivity contribution in [3.05, 3.63) is 66.7 Å². The third kappa shape index (κ3) is 7.39. The van der Waals surface area contributed by atoms with Crippen LogP contribution in [0.25, 0.3) is 0 Å². The molecule has 2 N–H and O–H groups in total. The van der Waals surface area contributed by atoms with E-state index in [1.807, 2.05) is 0 Å². The monoisotopic (exact) mass is 587 g/mol. The van der Waals surface area contributed by atoms with Crippen LogP contribution in [-0.2, 0) is 4.74 Å². The van der Waals surface area contributed by atoms with E-state index in [4.69, 9.17) is 26.9 Å². The largest absolute Gasteiger partial charge is 0.379 e. The summed E-state index contributed by atoms with van der Waals surface area (Å²) in [7, 11) is 0. The van der Waals surface area contributed by atoms with Gasteiger partial charge in [0, 0.05) is 96.0 Å². The van der Waals surface area contributed by atoms with Gasteiger partial charge in [-0.1, -0.05) is 36.4 Å². The number of thiocarbonyl (C=S) groups is 1. The fourth-order valence-electron chi connectivity index (χ4n) is 5.77. The molecule has 0 atom stereocenters. The number of piperazine rings is 2. The molecule has 0 spiro atoms. The quantitative estimate of drug-likeness (QED) is 0.382. The van der Waals surface area contributed by atoms with Crippen LogP contribution in [-0.4, -0.2) is 112 Å². The lowest BCUT2D eigenvalue weighted by Crippen LogP contribution is -2.48. The van der Waals surface area contributed by atoms with E-state index >= 15 is 0 Å². The molecule has 0 aliphatic carbocycles. The zero-order valence-corrected chi connectivity index (χ0v) is 25.0. The van der Waals surface area contributed by atoms with Gasteiger partial charge in [0.2, 0.25) is 5.95 Å². The smallest absolute Gasteiger partial charge is 0.232 e. The number of ether oxygens (including phenoxy) is 1. The number of aromatic nitrogens is 2. The first-order chi connectivity index (χ1) is 20.7. The van der Waals surface area contributed by atoms with Gasteiger partial charge >= 0.3 is 0 Å². The molecule has 0 amide bonds. The number of para-hydroxylation sites is 2. The molecule has 0 unspecified atom stereocenters. The summed E-state index contributed by atoms with van der Waals surface area (Å²) in [6, 6.07) is 23.4. The molecule has 3 aliphatic heterocycles. The van der Waals surface area contributed by atoms with Gasteiger partial charge in [-0.3, -0.25) is 4.90 Å². The van der Waals surface area contributed by atoms with Crippen LogP contribution in [0.3, 0.4) is 0 Å². The standard InChI is InChI=1S/C31H41N9OS/c42-31(32-11-12-36-21-23-41-24-22-36)35-30-33-28(39-17-13-37(14-18-39)26-7-3-1-4-8-26)25-29(34-30)40-19-15-38(16-20-40)27-9-5-2-6-10-27/h1-10,25H,11-24H2,(H2,32,33,34,35,42). The molecule has 11 heteroatoms. The Kier molecular flexibility index (Phi) is 9.48. The molecule has 222 valence electrons. The number of hydrogen-bond donors (Lipinski definition) is 2. The van der Waals surface area contributed by atoms with Gasteiger partial charge < -0.3 is 35.0 Å². The van der Waals surface area contributed by atoms with E-state index in [9.17, 15) is 0 Å². The number of anilines is 5. The number of nitrogens with zero attached hydrogens (tertiary/aromatic N) is 7. The van der Waals surface area contributed by atoms with E-state index in [1.54, 1.807) is 0 Å². The molecule has 1 aromatic heterocycles. The Hall–Kier alpha value is -3.67. The van der Waals surface area contributed by atoms with Gasteiger partial charge in [-0.15, -0.1) is 0 Å². The van der Waals surface area contributed by atoms with E-state index in [-0.39, 0.29) is 0 Å². The van der Waals surface area contributed by atoms with Crippen LogP contribution in [0.2, 0.25) is 0 Å². The van der Waals surface area contributed by atoms with Crippen molar-refractivity contribution in [1.29, 1.82) is 0 Å². The molecular formula is C31H41N9OS. The van der Waals surface area contributed by atoms with Crippen LogP contribution in [0.1, 0.15) is 0 Å². The minimum atomic E-state index is 0.544. The Morgan fingerprint density at radius 3 is 1.64 bits per heavy atom. The summed E-state index contributed by atoms with van der Waals surface area (Å²) in [5.41, 5.74) is 2.54. The highest BCUT2D eigenvalue weighted by Gasteiger charge is 2.23. The van der Waals surface area contributed by atoms with Crippen molar-refractivity contribution >= 4 is 46.3 Å². The van der Waals surface area contributed by atoms with Gasteiger partial charge in [-0.2, -0.15) is 9.97 Å². The second-order valence-corrected chi connectivity index (χ2v) is 11.3. The van der Waals surface area contributed by atoms with Crippen LogP contribution in [0, 0.1) is 0 Å². The Balaban J connectivity index is 1.13. The SMILES string of the molecule is S=C(NCCN1CCOCC1)Nc1nc(N2CCN(c3ccccc3)CC2)cc(N2CCN(c3ccccc3)CC2)n1. The second kappa shape index (κ2) is 14.0. The summed E-state index contributed by atoms with van der Waals surface area (Å²) in [4.78, 5) is 21.9. The Morgan fingerprint density at radius 2 is 1.14 bits per heavy atom. The first kappa shape index (κ1) is 28.4. The summed E-state index contributed by atoms with van der Waals surface area (Å²) < 4.78 is 5.46. The molecule has 0 saturated carbocycles. The predicted octanol–water partition coefficient (Wildman–Crippen LogP) is 2.75. The Labute approximate surface area is 254 Å². The highest BCUT2D eigenvalue weighted by Crippen LogP contribution is 2.26. The zero-order chi connectivity index (χ0) is 28.6. The molecule has 3 aromatic rings. The van der Waals surface area contributed by atoms with Crippen molar-refractivity contribution in [3.63, 3.8) is 0 Å². The van der Waals surface area contributed by atoms with Crippen molar-refractivity contribution < 1.29 is 4.74 Å². The summed E-state index contributed by atoms with van der Waals surface area (Å²) in [5.74, 6) is 2.43. The fraction of sp³-hybridized carbons (Fsp3) is 0.452. The first-order valence-corrected chi connectivity index (χ1v) is 15.5. The molecule has 0 bridgehead atoms. The van der Waals surface area contributed by atoms with E-state index in [1.165, 1.54) is 11.4 Å². The molecular weight excluding hydrogens is 546 g/mol. The van der Waals surface area contributed by atoms with Crippen LogP contribution in [0.15, 0.2) is 66.7 Å². The molecule has 4 heterocycles. The van der Waals surface area contributed by atoms with Crippen LogP contribution in [0.5, 0.6) is 0 Å². The molecule has 42 heavy (non-hydrogen) atoms. The highest BCUT2D eigenvalue weighted by molar-refractivity contribution is 7.80. The molecule has 3 fully saturated rings. The minimum absolute atomic E-state index is 0.544. The zero-order valence-electron chi connectivity index (χ0n) is 24.2. The Bertz CT molecular complexity index is 1200. The van der Waals surface area contributed by atoms with Crippen molar-refractivity contribution in [2.75, 3.05) is 117 Å². The molecule has 0 radical (unpaired) electrons. The second-order valence-electron chi connectivity index (χ2n) is 10.9. The van der Waals surface area contributed by atoms with Crippen LogP contribution in [0.4, 0.5) is 29.0 Å². The highest BCUT2D eigenvalue weighted by atomic mass is 32.1. The average Bonchev–Trinajstić information content (AvgIpc) is 3.06. The van der Waals surface area contributed by atoms with E-state index < -0.39 is 0 Å². The number of benzene rings is 2. The molecule has 3 aliphatic rings. The molecule has 3 saturated heterocycles. The molecule has 10 nitrogen and oxygen atoms in total. The number of nitrogens with one attached hydrogen (secondary N) is 2. The summed E-state index contributed by atoms with van der Waals surface area (Å²) in [6.45, 7) is 12.6.